The van der Waals surface area contributed by atoms with Crippen LogP contribution < -0.4 is 0 Å². The maximum absolute atomic E-state index is 12.7. The fourth-order valence-corrected chi connectivity index (χ4v) is 6.92. The van der Waals surface area contributed by atoms with Gasteiger partial charge in [-0.05, 0) is 55.8 Å². The molecule has 0 aromatic rings. The van der Waals surface area contributed by atoms with Crippen molar-refractivity contribution in [2.45, 2.75) is 83.9 Å². The summed E-state index contributed by atoms with van der Waals surface area (Å²) in [5, 5.41) is 0.142. The van der Waals surface area contributed by atoms with Gasteiger partial charge in [-0.25, -0.2) is 0 Å². The molecule has 164 valence electrons. The molecule has 6 heteroatoms. The summed E-state index contributed by atoms with van der Waals surface area (Å²) in [5.74, 6) is 0.546. The van der Waals surface area contributed by atoms with E-state index in [1.54, 1.807) is 0 Å². The molecule has 1 saturated carbocycles. The van der Waals surface area contributed by atoms with Crippen molar-refractivity contribution in [1.29, 1.82) is 0 Å². The van der Waals surface area contributed by atoms with Gasteiger partial charge in [0, 0.05) is 24.4 Å². The van der Waals surface area contributed by atoms with E-state index in [9.17, 15) is 4.79 Å². The van der Waals surface area contributed by atoms with E-state index in [0.29, 0.717) is 25.7 Å². The summed E-state index contributed by atoms with van der Waals surface area (Å²) in [5.41, 5.74) is 1.22. The van der Waals surface area contributed by atoms with Gasteiger partial charge in [0.15, 0.2) is 14.6 Å². The number of hydrogen-bond acceptors (Lipinski definition) is 5. The van der Waals surface area contributed by atoms with Gasteiger partial charge in [-0.1, -0.05) is 26.8 Å². The lowest BCUT2D eigenvalue weighted by atomic mass is 9.70. The highest BCUT2D eigenvalue weighted by atomic mass is 28.4. The van der Waals surface area contributed by atoms with Crippen LogP contribution in [0.1, 0.15) is 53.4 Å². The zero-order valence-electron chi connectivity index (χ0n) is 19.0. The maximum Gasteiger partial charge on any atom is 0.309 e. The molecule has 2 unspecified atom stereocenters. The van der Waals surface area contributed by atoms with Crippen molar-refractivity contribution in [3.05, 3.63) is 11.6 Å². The summed E-state index contributed by atoms with van der Waals surface area (Å²) in [4.78, 5) is 12.7. The predicted molar refractivity (Wildman–Crippen MR) is 114 cm³/mol. The minimum atomic E-state index is -1.98. The summed E-state index contributed by atoms with van der Waals surface area (Å²) in [6.45, 7) is 15.4. The smallest absolute Gasteiger partial charge is 0.309 e. The Balaban J connectivity index is 1.74. The second-order valence-corrected chi connectivity index (χ2v) is 15.7. The summed E-state index contributed by atoms with van der Waals surface area (Å²) in [7, 11) is -1.98. The number of rotatable bonds is 4. The summed E-state index contributed by atoms with van der Waals surface area (Å²) in [6, 6.07) is 0. The van der Waals surface area contributed by atoms with Crippen LogP contribution in [-0.4, -0.2) is 46.5 Å². The summed E-state index contributed by atoms with van der Waals surface area (Å²) < 4.78 is 24.7. The van der Waals surface area contributed by atoms with Gasteiger partial charge in [0.2, 0.25) is 0 Å². The number of cyclic esters (lactones) is 1. The van der Waals surface area contributed by atoms with Crippen LogP contribution in [0.15, 0.2) is 11.6 Å². The molecule has 29 heavy (non-hydrogen) atoms. The maximum atomic E-state index is 12.7. The Hall–Kier alpha value is -0.693. The van der Waals surface area contributed by atoms with Gasteiger partial charge in [-0.3, -0.25) is 4.79 Å². The lowest BCUT2D eigenvalue weighted by molar-refractivity contribution is -0.142. The monoisotopic (exact) mass is 422 g/mol. The largest absolute Gasteiger partial charge is 0.465 e. The molecule has 0 aromatic heterocycles. The van der Waals surface area contributed by atoms with Crippen LogP contribution in [0.2, 0.25) is 18.1 Å². The molecule has 0 aromatic carbocycles. The molecule has 2 aliphatic carbocycles. The number of ether oxygens (including phenoxy) is 3. The molecule has 0 amide bonds. The average molecular weight is 423 g/mol. The molecule has 6 atom stereocenters. The first kappa shape index (κ1) is 21.5. The van der Waals surface area contributed by atoms with Gasteiger partial charge < -0.3 is 18.6 Å². The Morgan fingerprint density at radius 2 is 2.00 bits per heavy atom. The molecule has 0 N–H and O–H groups in total. The zero-order chi connectivity index (χ0) is 21.0. The van der Waals surface area contributed by atoms with Crippen molar-refractivity contribution in [1.82, 2.24) is 0 Å². The third kappa shape index (κ3) is 3.64. The molecule has 2 aliphatic heterocycles. The highest BCUT2D eigenvalue weighted by Crippen LogP contribution is 2.58. The van der Waals surface area contributed by atoms with Gasteiger partial charge in [-0.15, -0.1) is 0 Å². The van der Waals surface area contributed by atoms with Crippen LogP contribution in [0.5, 0.6) is 0 Å². The van der Waals surface area contributed by atoms with Crippen molar-refractivity contribution < 1.29 is 23.4 Å². The molecule has 2 saturated heterocycles. The highest BCUT2D eigenvalue weighted by Gasteiger charge is 2.59. The van der Waals surface area contributed by atoms with Gasteiger partial charge in [0.05, 0.1) is 25.2 Å². The molecule has 2 heterocycles. The predicted octanol–water partition coefficient (Wildman–Crippen LogP) is 4.68. The molecule has 4 rings (SSSR count). The van der Waals surface area contributed by atoms with Crippen LogP contribution in [0.25, 0.3) is 0 Å². The quantitative estimate of drug-likeness (QED) is 0.374. The van der Waals surface area contributed by atoms with Gasteiger partial charge in [0.1, 0.15) is 0 Å². The minimum absolute atomic E-state index is 0.0199. The molecular formula is C23H38O5Si. The van der Waals surface area contributed by atoms with E-state index in [2.05, 4.69) is 39.9 Å². The van der Waals surface area contributed by atoms with Crippen molar-refractivity contribution >= 4 is 14.3 Å². The molecule has 4 aliphatic rings. The third-order valence-corrected chi connectivity index (χ3v) is 12.7. The Kier molecular flexibility index (Phi) is 5.55. The standard InChI is InChI=1S/C23H38O5Si/c1-7-25-19-12-23(14-27-19)11-16-17(13-26-21(16)24)15-9-8-10-18(23)20(15)28-29(5,6)22(2,3)4/h10,15-17,19-20H,7-9,11-14H2,1-6H3/t15-,16+,17-,19?,20?,23-/m0/s1. The van der Waals surface area contributed by atoms with Crippen LogP contribution in [-0.2, 0) is 23.4 Å². The van der Waals surface area contributed by atoms with E-state index in [1.165, 1.54) is 5.57 Å². The van der Waals surface area contributed by atoms with E-state index in [1.807, 2.05) is 6.92 Å². The summed E-state index contributed by atoms with van der Waals surface area (Å²) >= 11 is 0. The van der Waals surface area contributed by atoms with Crippen LogP contribution in [0.3, 0.4) is 0 Å². The second kappa shape index (κ2) is 7.47. The SMILES string of the molecule is CCOC1C[C@]2(CO1)C[C@H]1C(=O)OC[C@H]1[C@@H]1CCC=C2C1O[Si](C)(C)C(C)(C)C. The lowest BCUT2D eigenvalue weighted by Gasteiger charge is -2.46. The number of carbonyl (C=O) groups excluding carboxylic acids is 1. The van der Waals surface area contributed by atoms with Crippen LogP contribution in [0, 0.1) is 23.2 Å². The molecule has 3 fully saturated rings. The number of fused-ring (bicyclic) bond motifs is 5. The number of allylic oxidation sites excluding steroid dienone is 1. The molecule has 1 spiro atoms. The fourth-order valence-electron chi connectivity index (χ4n) is 5.63. The Morgan fingerprint density at radius 1 is 1.24 bits per heavy atom. The molecule has 2 bridgehead atoms. The first-order valence-corrected chi connectivity index (χ1v) is 14.3. The van der Waals surface area contributed by atoms with Crippen LogP contribution in [0.4, 0.5) is 0 Å². The fraction of sp³-hybridized carbons (Fsp3) is 0.870. The Bertz CT molecular complexity index is 681. The molecular weight excluding hydrogens is 384 g/mol. The zero-order valence-corrected chi connectivity index (χ0v) is 20.0. The van der Waals surface area contributed by atoms with Gasteiger partial charge in [0.25, 0.3) is 0 Å². The summed E-state index contributed by atoms with van der Waals surface area (Å²) in [6.07, 6.45) is 6.04. The van der Waals surface area contributed by atoms with E-state index in [0.717, 1.165) is 25.7 Å². The average Bonchev–Trinajstić information content (AvgIpc) is 3.18. The van der Waals surface area contributed by atoms with Gasteiger partial charge >= 0.3 is 5.97 Å². The molecule has 5 nitrogen and oxygen atoms in total. The first-order valence-electron chi connectivity index (χ1n) is 11.4. The van der Waals surface area contributed by atoms with Crippen molar-refractivity contribution in [3.63, 3.8) is 0 Å². The first-order chi connectivity index (χ1) is 13.6. The lowest BCUT2D eigenvalue weighted by Crippen LogP contribution is -2.49. The number of hydrogen-bond donors (Lipinski definition) is 0. The third-order valence-electron chi connectivity index (χ3n) is 8.25. The number of carbonyl (C=O) groups is 1. The van der Waals surface area contributed by atoms with Crippen molar-refractivity contribution in [2.24, 2.45) is 23.2 Å². The normalized spacial score (nSPS) is 39.9. The second-order valence-electron chi connectivity index (χ2n) is 11.0. The van der Waals surface area contributed by atoms with E-state index < -0.39 is 8.32 Å². The Morgan fingerprint density at radius 3 is 2.69 bits per heavy atom. The van der Waals surface area contributed by atoms with Crippen molar-refractivity contribution in [3.8, 4) is 0 Å². The van der Waals surface area contributed by atoms with Crippen LogP contribution >= 0.6 is 0 Å². The highest BCUT2D eigenvalue weighted by molar-refractivity contribution is 6.74. The van der Waals surface area contributed by atoms with E-state index >= 15 is 0 Å². The van der Waals surface area contributed by atoms with E-state index in [-0.39, 0.29) is 40.7 Å². The Labute approximate surface area is 176 Å². The van der Waals surface area contributed by atoms with Gasteiger partial charge in [-0.2, -0.15) is 0 Å². The topological polar surface area (TPSA) is 54.0 Å². The minimum Gasteiger partial charge on any atom is -0.465 e. The van der Waals surface area contributed by atoms with Crippen molar-refractivity contribution in [2.75, 3.05) is 19.8 Å². The number of esters is 1. The molecule has 0 radical (unpaired) electrons. The van der Waals surface area contributed by atoms with E-state index in [4.69, 9.17) is 18.6 Å².